The molecule has 0 aliphatic carbocycles. The van der Waals surface area contributed by atoms with E-state index in [1.807, 2.05) is 0 Å². The fourth-order valence-corrected chi connectivity index (χ4v) is 4.06. The van der Waals surface area contributed by atoms with Crippen LogP contribution in [0.25, 0.3) is 0 Å². The molecule has 0 bridgehead atoms. The summed E-state index contributed by atoms with van der Waals surface area (Å²) in [5.41, 5.74) is 0.319. The molecule has 162 valence electrons. The van der Waals surface area contributed by atoms with Crippen LogP contribution in [0, 0.1) is 0 Å². The van der Waals surface area contributed by atoms with Gasteiger partial charge in [-0.1, -0.05) is 0 Å². The zero-order chi connectivity index (χ0) is 21.8. The van der Waals surface area contributed by atoms with E-state index in [0.29, 0.717) is 53.4 Å². The van der Waals surface area contributed by atoms with Gasteiger partial charge in [0.15, 0.2) is 23.0 Å². The number of nitrogens with one attached hydrogen (secondary N) is 1. The monoisotopic (exact) mass is 443 g/mol. The Kier molecular flexibility index (Phi) is 5.77. The van der Waals surface area contributed by atoms with Crippen LogP contribution >= 0.6 is 0 Å². The largest absolute Gasteiger partial charge is 0.497 e. The van der Waals surface area contributed by atoms with Crippen molar-refractivity contribution in [1.29, 1.82) is 0 Å². The van der Waals surface area contributed by atoms with Gasteiger partial charge >= 0.3 is 0 Å². The van der Waals surface area contributed by atoms with Gasteiger partial charge < -0.3 is 23.7 Å². The summed E-state index contributed by atoms with van der Waals surface area (Å²) in [6.45, 7) is 0.800. The number of methoxy groups -OCH3 is 2. The number of sulfonamides is 1. The molecular formula is C22H21NO7S. The highest BCUT2D eigenvalue weighted by Crippen LogP contribution is 2.36. The van der Waals surface area contributed by atoms with E-state index in [9.17, 15) is 8.42 Å². The Morgan fingerprint density at radius 1 is 0.774 bits per heavy atom. The smallest absolute Gasteiger partial charge is 0.262 e. The summed E-state index contributed by atoms with van der Waals surface area (Å²) in [4.78, 5) is 0.0604. The molecule has 31 heavy (non-hydrogen) atoms. The van der Waals surface area contributed by atoms with Crippen molar-refractivity contribution in [2.75, 3.05) is 32.2 Å². The maximum absolute atomic E-state index is 12.9. The lowest BCUT2D eigenvalue weighted by molar-refractivity contribution is 0.171. The van der Waals surface area contributed by atoms with Gasteiger partial charge in [-0.2, -0.15) is 0 Å². The Labute approximate surface area is 180 Å². The number of ether oxygens (including phenoxy) is 5. The number of fused-ring (bicyclic) bond motifs is 1. The molecule has 8 nitrogen and oxygen atoms in total. The minimum atomic E-state index is -3.86. The second-order valence-electron chi connectivity index (χ2n) is 6.55. The average molecular weight is 443 g/mol. The SMILES string of the molecule is COc1ccc(Oc2cc(NS(=O)(=O)c3ccc4c(c3)OCCO4)ccc2OC)cc1. The lowest BCUT2D eigenvalue weighted by Gasteiger charge is -2.19. The van der Waals surface area contributed by atoms with Crippen molar-refractivity contribution < 1.29 is 32.1 Å². The molecule has 0 spiro atoms. The van der Waals surface area contributed by atoms with Crippen molar-refractivity contribution >= 4 is 15.7 Å². The number of rotatable bonds is 7. The second kappa shape index (κ2) is 8.65. The van der Waals surface area contributed by atoms with Crippen LogP contribution in [0.4, 0.5) is 5.69 Å². The topological polar surface area (TPSA) is 92.3 Å². The van der Waals surface area contributed by atoms with Crippen LogP contribution in [-0.2, 0) is 10.0 Å². The summed E-state index contributed by atoms with van der Waals surface area (Å²) in [6.07, 6.45) is 0. The molecule has 1 aliphatic heterocycles. The molecule has 3 aromatic carbocycles. The Morgan fingerprint density at radius 3 is 2.19 bits per heavy atom. The molecule has 0 unspecified atom stereocenters. The second-order valence-corrected chi connectivity index (χ2v) is 8.24. The highest BCUT2D eigenvalue weighted by molar-refractivity contribution is 7.92. The van der Waals surface area contributed by atoms with Crippen LogP contribution in [0.3, 0.4) is 0 Å². The molecular weight excluding hydrogens is 422 g/mol. The molecule has 1 aliphatic rings. The van der Waals surface area contributed by atoms with Crippen LogP contribution in [0.5, 0.6) is 34.5 Å². The number of hydrogen-bond donors (Lipinski definition) is 1. The first-order valence-electron chi connectivity index (χ1n) is 9.41. The third-order valence-corrected chi connectivity index (χ3v) is 5.91. The summed E-state index contributed by atoms with van der Waals surface area (Å²) < 4.78 is 55.6. The van der Waals surface area contributed by atoms with Gasteiger partial charge in [0, 0.05) is 12.1 Å². The molecule has 0 saturated heterocycles. The van der Waals surface area contributed by atoms with Crippen molar-refractivity contribution in [2.45, 2.75) is 4.90 Å². The normalized spacial score (nSPS) is 12.7. The predicted octanol–water partition coefficient (Wildman–Crippen LogP) is 4.07. The molecule has 0 saturated carbocycles. The van der Waals surface area contributed by atoms with Crippen molar-refractivity contribution in [3.63, 3.8) is 0 Å². The van der Waals surface area contributed by atoms with E-state index < -0.39 is 10.0 Å². The Bertz CT molecular complexity index is 1180. The summed E-state index contributed by atoms with van der Waals surface area (Å²) >= 11 is 0. The maximum atomic E-state index is 12.9. The molecule has 0 aromatic heterocycles. The highest BCUT2D eigenvalue weighted by atomic mass is 32.2. The van der Waals surface area contributed by atoms with E-state index in [-0.39, 0.29) is 4.90 Å². The van der Waals surface area contributed by atoms with Gasteiger partial charge in [-0.3, -0.25) is 4.72 Å². The van der Waals surface area contributed by atoms with Crippen LogP contribution in [0.2, 0.25) is 0 Å². The molecule has 3 aromatic rings. The van der Waals surface area contributed by atoms with Crippen molar-refractivity contribution in [3.05, 3.63) is 60.7 Å². The summed E-state index contributed by atoms with van der Waals surface area (Å²) in [7, 11) is -0.775. The fraction of sp³-hybridized carbons (Fsp3) is 0.182. The van der Waals surface area contributed by atoms with E-state index in [2.05, 4.69) is 4.72 Å². The molecule has 1 N–H and O–H groups in total. The first-order chi connectivity index (χ1) is 15.0. The third-order valence-electron chi connectivity index (χ3n) is 4.53. The number of hydrogen-bond acceptors (Lipinski definition) is 7. The maximum Gasteiger partial charge on any atom is 0.262 e. The number of anilines is 1. The van der Waals surface area contributed by atoms with E-state index in [1.54, 1.807) is 55.6 Å². The first kappa shape index (κ1) is 20.7. The molecule has 4 rings (SSSR count). The van der Waals surface area contributed by atoms with Crippen molar-refractivity contribution in [2.24, 2.45) is 0 Å². The van der Waals surface area contributed by atoms with E-state index >= 15 is 0 Å². The Balaban J connectivity index is 1.58. The van der Waals surface area contributed by atoms with Crippen LogP contribution in [0.15, 0.2) is 65.6 Å². The van der Waals surface area contributed by atoms with Crippen LogP contribution < -0.4 is 28.4 Å². The zero-order valence-corrected chi connectivity index (χ0v) is 17.8. The standard InChI is InChI=1S/C22H21NO7S/c1-26-16-4-6-17(7-5-16)30-22-13-15(3-9-19(22)27-2)23-31(24,25)18-8-10-20-21(14-18)29-12-11-28-20/h3-10,13-14,23H,11-12H2,1-2H3. The summed E-state index contributed by atoms with van der Waals surface area (Å²) in [5, 5.41) is 0. The Hall–Kier alpha value is -3.59. The van der Waals surface area contributed by atoms with Crippen LogP contribution in [-0.4, -0.2) is 35.9 Å². The van der Waals surface area contributed by atoms with Gasteiger partial charge in [0.1, 0.15) is 24.7 Å². The van der Waals surface area contributed by atoms with E-state index in [0.717, 1.165) is 0 Å². The summed E-state index contributed by atoms with van der Waals surface area (Å²) in [5.74, 6) is 2.97. The van der Waals surface area contributed by atoms with Crippen molar-refractivity contribution in [3.8, 4) is 34.5 Å². The molecule has 0 amide bonds. The van der Waals surface area contributed by atoms with Gasteiger partial charge in [-0.15, -0.1) is 0 Å². The van der Waals surface area contributed by atoms with Gasteiger partial charge in [0.25, 0.3) is 10.0 Å². The Morgan fingerprint density at radius 2 is 1.48 bits per heavy atom. The summed E-state index contributed by atoms with van der Waals surface area (Å²) in [6, 6.07) is 16.3. The highest BCUT2D eigenvalue weighted by Gasteiger charge is 2.20. The van der Waals surface area contributed by atoms with Crippen LogP contribution in [0.1, 0.15) is 0 Å². The van der Waals surface area contributed by atoms with Gasteiger partial charge in [0.05, 0.1) is 24.8 Å². The van der Waals surface area contributed by atoms with Gasteiger partial charge in [0.2, 0.25) is 0 Å². The van der Waals surface area contributed by atoms with Gasteiger partial charge in [-0.25, -0.2) is 8.42 Å². The molecule has 1 heterocycles. The fourth-order valence-electron chi connectivity index (χ4n) is 3.00. The quantitative estimate of drug-likeness (QED) is 0.588. The average Bonchev–Trinajstić information content (AvgIpc) is 2.79. The zero-order valence-electron chi connectivity index (χ0n) is 17.0. The minimum Gasteiger partial charge on any atom is -0.497 e. The minimum absolute atomic E-state index is 0.0604. The lowest BCUT2D eigenvalue weighted by Crippen LogP contribution is -2.17. The van der Waals surface area contributed by atoms with E-state index in [4.69, 9.17) is 23.7 Å². The van der Waals surface area contributed by atoms with Crippen molar-refractivity contribution in [1.82, 2.24) is 0 Å². The van der Waals surface area contributed by atoms with E-state index in [1.165, 1.54) is 19.2 Å². The predicted molar refractivity (Wildman–Crippen MR) is 114 cm³/mol. The molecule has 0 fully saturated rings. The lowest BCUT2D eigenvalue weighted by atomic mass is 10.2. The molecule has 0 radical (unpaired) electrons. The first-order valence-corrected chi connectivity index (χ1v) is 10.9. The molecule has 0 atom stereocenters. The van der Waals surface area contributed by atoms with Gasteiger partial charge in [-0.05, 0) is 48.5 Å². The third kappa shape index (κ3) is 4.61. The molecule has 9 heteroatoms. The number of benzene rings is 3.